The Hall–Kier alpha value is -3.78. The number of rotatable bonds is 5. The zero-order valence-electron chi connectivity index (χ0n) is 14.7. The van der Waals surface area contributed by atoms with E-state index in [1.165, 1.54) is 54.6 Å². The molecule has 0 aliphatic carbocycles. The largest absolute Gasteiger partial charge is 0.322 e. The van der Waals surface area contributed by atoms with Crippen LogP contribution in [0.25, 0.3) is 0 Å². The Morgan fingerprint density at radius 1 is 0.897 bits per heavy atom. The first kappa shape index (κ1) is 20.0. The van der Waals surface area contributed by atoms with Gasteiger partial charge in [-0.1, -0.05) is 29.8 Å². The summed E-state index contributed by atoms with van der Waals surface area (Å²) in [6.45, 7) is 0. The summed E-state index contributed by atoms with van der Waals surface area (Å²) in [5.41, 5.74) is 0.361. The Morgan fingerprint density at radius 3 is 2.31 bits per heavy atom. The maximum absolute atomic E-state index is 13.2. The summed E-state index contributed by atoms with van der Waals surface area (Å²) in [6.07, 6.45) is 0. The van der Waals surface area contributed by atoms with Gasteiger partial charge in [0.05, 0.1) is 9.95 Å². The first-order chi connectivity index (χ1) is 13.8. The van der Waals surface area contributed by atoms with Crippen molar-refractivity contribution in [2.45, 2.75) is 0 Å². The van der Waals surface area contributed by atoms with Crippen LogP contribution < -0.4 is 10.6 Å². The third-order valence-corrected chi connectivity index (χ3v) is 4.20. The SMILES string of the molecule is O=C(Nc1ccc(F)c(Cl)c1)c1cccc(NC(=O)c2ccccc2[N+](=O)[O-])c1. The van der Waals surface area contributed by atoms with Crippen LogP contribution in [-0.4, -0.2) is 16.7 Å². The molecule has 146 valence electrons. The number of benzene rings is 3. The van der Waals surface area contributed by atoms with E-state index in [4.69, 9.17) is 11.6 Å². The van der Waals surface area contributed by atoms with Gasteiger partial charge in [-0.15, -0.1) is 0 Å². The van der Waals surface area contributed by atoms with E-state index in [2.05, 4.69) is 10.6 Å². The molecule has 0 unspecified atom stereocenters. The zero-order valence-corrected chi connectivity index (χ0v) is 15.4. The lowest BCUT2D eigenvalue weighted by atomic mass is 10.1. The minimum Gasteiger partial charge on any atom is -0.322 e. The lowest BCUT2D eigenvalue weighted by molar-refractivity contribution is -0.385. The summed E-state index contributed by atoms with van der Waals surface area (Å²) >= 11 is 5.70. The topological polar surface area (TPSA) is 101 Å². The highest BCUT2D eigenvalue weighted by Gasteiger charge is 2.19. The molecule has 0 bridgehead atoms. The molecule has 0 saturated heterocycles. The van der Waals surface area contributed by atoms with Crippen LogP contribution in [0.5, 0.6) is 0 Å². The fourth-order valence-corrected chi connectivity index (χ4v) is 2.72. The standard InChI is InChI=1S/C20H13ClFN3O4/c21-16-11-14(8-9-17(16)22)23-19(26)12-4-3-5-13(10-12)24-20(27)15-6-1-2-7-18(15)25(28)29/h1-11H,(H,23,26)(H,24,27). The minimum atomic E-state index is -0.680. The number of nitro benzene ring substituents is 1. The zero-order chi connectivity index (χ0) is 21.0. The van der Waals surface area contributed by atoms with Crippen LogP contribution in [0.3, 0.4) is 0 Å². The van der Waals surface area contributed by atoms with Crippen LogP contribution in [0, 0.1) is 15.9 Å². The Labute approximate surface area is 169 Å². The van der Waals surface area contributed by atoms with Crippen LogP contribution in [0.2, 0.25) is 5.02 Å². The highest BCUT2D eigenvalue weighted by molar-refractivity contribution is 6.31. The van der Waals surface area contributed by atoms with Gasteiger partial charge < -0.3 is 10.6 Å². The highest BCUT2D eigenvalue weighted by Crippen LogP contribution is 2.22. The van der Waals surface area contributed by atoms with Crippen LogP contribution in [0.4, 0.5) is 21.5 Å². The van der Waals surface area contributed by atoms with E-state index in [1.807, 2.05) is 0 Å². The molecular formula is C20H13ClFN3O4. The van der Waals surface area contributed by atoms with Gasteiger partial charge in [0.25, 0.3) is 17.5 Å². The molecule has 0 aliphatic heterocycles. The Balaban J connectivity index is 1.77. The van der Waals surface area contributed by atoms with Gasteiger partial charge >= 0.3 is 0 Å². The number of halogens is 2. The number of anilines is 2. The molecular weight excluding hydrogens is 401 g/mol. The summed E-state index contributed by atoms with van der Waals surface area (Å²) in [5.74, 6) is -1.79. The predicted molar refractivity (Wildman–Crippen MR) is 107 cm³/mol. The lowest BCUT2D eigenvalue weighted by Crippen LogP contribution is -2.15. The first-order valence-electron chi connectivity index (χ1n) is 8.26. The van der Waals surface area contributed by atoms with Crippen molar-refractivity contribution in [3.05, 3.63) is 98.8 Å². The maximum Gasteiger partial charge on any atom is 0.282 e. The van der Waals surface area contributed by atoms with Gasteiger partial charge in [-0.3, -0.25) is 19.7 Å². The second kappa shape index (κ2) is 8.49. The highest BCUT2D eigenvalue weighted by atomic mass is 35.5. The van der Waals surface area contributed by atoms with E-state index < -0.39 is 22.6 Å². The molecule has 0 heterocycles. The lowest BCUT2D eigenvalue weighted by Gasteiger charge is -2.09. The number of para-hydroxylation sites is 1. The van der Waals surface area contributed by atoms with Crippen molar-refractivity contribution >= 4 is 40.5 Å². The van der Waals surface area contributed by atoms with Crippen molar-refractivity contribution in [2.24, 2.45) is 0 Å². The van der Waals surface area contributed by atoms with Crippen molar-refractivity contribution in [1.82, 2.24) is 0 Å². The maximum atomic E-state index is 13.2. The summed E-state index contributed by atoms with van der Waals surface area (Å²) in [4.78, 5) is 35.3. The molecule has 2 N–H and O–H groups in total. The molecule has 7 nitrogen and oxygen atoms in total. The molecule has 0 radical (unpaired) electrons. The second-order valence-corrected chi connectivity index (χ2v) is 6.30. The second-order valence-electron chi connectivity index (χ2n) is 5.89. The van der Waals surface area contributed by atoms with Gasteiger partial charge in [0.2, 0.25) is 0 Å². The normalized spacial score (nSPS) is 10.3. The molecule has 3 aromatic rings. The van der Waals surface area contributed by atoms with Crippen LogP contribution in [0.15, 0.2) is 66.7 Å². The van der Waals surface area contributed by atoms with Crippen molar-refractivity contribution in [2.75, 3.05) is 10.6 Å². The quantitative estimate of drug-likeness (QED) is 0.459. The molecule has 0 spiro atoms. The van der Waals surface area contributed by atoms with Crippen molar-refractivity contribution in [3.8, 4) is 0 Å². The van der Waals surface area contributed by atoms with Crippen molar-refractivity contribution in [3.63, 3.8) is 0 Å². The molecule has 2 amide bonds. The summed E-state index contributed by atoms with van der Waals surface area (Å²) < 4.78 is 13.2. The van der Waals surface area contributed by atoms with Gasteiger partial charge in [-0.25, -0.2) is 4.39 Å². The molecule has 9 heteroatoms. The minimum absolute atomic E-state index is 0.103. The Bertz CT molecular complexity index is 1120. The average molecular weight is 414 g/mol. The number of carbonyl (C=O) groups excluding carboxylic acids is 2. The number of amides is 2. The van der Waals surface area contributed by atoms with E-state index in [0.717, 1.165) is 6.07 Å². The number of hydrogen-bond donors (Lipinski definition) is 2. The predicted octanol–water partition coefficient (Wildman–Crippen LogP) is 4.89. The first-order valence-corrected chi connectivity index (χ1v) is 8.64. The molecule has 3 aromatic carbocycles. The fourth-order valence-electron chi connectivity index (χ4n) is 2.54. The molecule has 0 saturated carbocycles. The van der Waals surface area contributed by atoms with Gasteiger partial charge in [0.15, 0.2) is 0 Å². The van der Waals surface area contributed by atoms with Crippen LogP contribution >= 0.6 is 11.6 Å². The fraction of sp³-hybridized carbons (Fsp3) is 0. The van der Waals surface area contributed by atoms with E-state index in [-0.39, 0.29) is 27.5 Å². The summed E-state index contributed by atoms with van der Waals surface area (Å²) in [6, 6.07) is 15.3. The van der Waals surface area contributed by atoms with Crippen molar-refractivity contribution in [1.29, 1.82) is 0 Å². The number of hydrogen-bond acceptors (Lipinski definition) is 4. The molecule has 0 aromatic heterocycles. The molecule has 0 atom stereocenters. The molecule has 0 aliphatic rings. The van der Waals surface area contributed by atoms with Gasteiger partial charge in [-0.2, -0.15) is 0 Å². The number of nitrogens with one attached hydrogen (secondary N) is 2. The third-order valence-electron chi connectivity index (χ3n) is 3.91. The van der Waals surface area contributed by atoms with E-state index in [9.17, 15) is 24.1 Å². The number of nitrogens with zero attached hydrogens (tertiary/aromatic N) is 1. The monoisotopic (exact) mass is 413 g/mol. The summed E-state index contributed by atoms with van der Waals surface area (Å²) in [5, 5.41) is 16.1. The van der Waals surface area contributed by atoms with Crippen molar-refractivity contribution < 1.29 is 18.9 Å². The van der Waals surface area contributed by atoms with Crippen LogP contribution in [-0.2, 0) is 0 Å². The van der Waals surface area contributed by atoms with Gasteiger partial charge in [0.1, 0.15) is 11.4 Å². The molecule has 29 heavy (non-hydrogen) atoms. The third kappa shape index (κ3) is 4.74. The molecule has 0 fully saturated rings. The van der Waals surface area contributed by atoms with E-state index in [0.29, 0.717) is 5.69 Å². The molecule has 3 rings (SSSR count). The summed E-state index contributed by atoms with van der Waals surface area (Å²) in [7, 11) is 0. The smallest absolute Gasteiger partial charge is 0.282 e. The van der Waals surface area contributed by atoms with Gasteiger partial charge in [0, 0.05) is 23.0 Å². The Kier molecular flexibility index (Phi) is 5.85. The number of nitro groups is 1. The van der Waals surface area contributed by atoms with Gasteiger partial charge in [-0.05, 0) is 42.5 Å². The Morgan fingerprint density at radius 2 is 1.59 bits per heavy atom. The van der Waals surface area contributed by atoms with E-state index >= 15 is 0 Å². The number of carbonyl (C=O) groups is 2. The van der Waals surface area contributed by atoms with Crippen LogP contribution in [0.1, 0.15) is 20.7 Å². The van der Waals surface area contributed by atoms with E-state index in [1.54, 1.807) is 6.07 Å². The average Bonchev–Trinajstić information content (AvgIpc) is 2.71.